The van der Waals surface area contributed by atoms with E-state index in [1.54, 1.807) is 30.3 Å². The number of benzene rings is 1. The molecule has 0 aliphatic rings. The monoisotopic (exact) mass is 398 g/mol. The zero-order chi connectivity index (χ0) is 20.4. The van der Waals surface area contributed by atoms with Gasteiger partial charge in [0.2, 0.25) is 0 Å². The van der Waals surface area contributed by atoms with Crippen molar-refractivity contribution in [3.05, 3.63) is 62.5 Å². The van der Waals surface area contributed by atoms with E-state index in [0.717, 1.165) is 10.4 Å². The lowest BCUT2D eigenvalue weighted by Gasteiger charge is -2.21. The van der Waals surface area contributed by atoms with Crippen LogP contribution < -0.4 is 5.56 Å². The molecular formula is C21H22N2O4S. The normalized spacial score (nSPS) is 12.1. The van der Waals surface area contributed by atoms with Crippen LogP contribution >= 0.6 is 11.3 Å². The number of Topliss-reactive ketones (excluding diaryl/α,β-unsaturated/α-hetero) is 1. The Kier molecular flexibility index (Phi) is 5.74. The van der Waals surface area contributed by atoms with Crippen molar-refractivity contribution in [2.75, 3.05) is 7.11 Å². The number of carbonyl (C=O) groups excluding carboxylic acids is 2. The maximum Gasteiger partial charge on any atom is 0.308 e. The van der Waals surface area contributed by atoms with Crippen molar-refractivity contribution in [1.29, 1.82) is 0 Å². The standard InChI is InChI=1S/C21H22N2O4S/c1-5-16-22-20-18(12(2)13(3)28-20)21(26)23(16)15(11-17(24)27-4)19(25)14-9-7-6-8-10-14/h6-10,15H,5,11H2,1-4H3. The van der Waals surface area contributed by atoms with Crippen LogP contribution in [0.25, 0.3) is 10.2 Å². The summed E-state index contributed by atoms with van der Waals surface area (Å²) >= 11 is 1.47. The van der Waals surface area contributed by atoms with Gasteiger partial charge in [-0.25, -0.2) is 4.98 Å². The fraction of sp³-hybridized carbons (Fsp3) is 0.333. The molecule has 7 heteroatoms. The second kappa shape index (κ2) is 8.06. The van der Waals surface area contributed by atoms with Crippen molar-refractivity contribution >= 4 is 33.3 Å². The molecule has 28 heavy (non-hydrogen) atoms. The number of ether oxygens (including phenoxy) is 1. The van der Waals surface area contributed by atoms with Gasteiger partial charge in [0.25, 0.3) is 5.56 Å². The molecule has 0 spiro atoms. The zero-order valence-electron chi connectivity index (χ0n) is 16.3. The van der Waals surface area contributed by atoms with E-state index < -0.39 is 12.0 Å². The van der Waals surface area contributed by atoms with Gasteiger partial charge in [0, 0.05) is 16.9 Å². The molecule has 146 valence electrons. The van der Waals surface area contributed by atoms with Crippen molar-refractivity contribution in [2.45, 2.75) is 39.7 Å². The number of fused-ring (bicyclic) bond motifs is 1. The Morgan fingerprint density at radius 2 is 1.89 bits per heavy atom. The highest BCUT2D eigenvalue weighted by Gasteiger charge is 2.30. The Morgan fingerprint density at radius 3 is 2.50 bits per heavy atom. The number of aryl methyl sites for hydroxylation is 3. The average molecular weight is 398 g/mol. The molecule has 1 atom stereocenters. The van der Waals surface area contributed by atoms with Gasteiger partial charge in [-0.05, 0) is 19.4 Å². The number of aromatic nitrogens is 2. The number of nitrogens with zero attached hydrogens (tertiary/aromatic N) is 2. The van der Waals surface area contributed by atoms with Gasteiger partial charge in [0.05, 0.1) is 18.9 Å². The van der Waals surface area contributed by atoms with Crippen LogP contribution in [0.15, 0.2) is 35.1 Å². The smallest absolute Gasteiger partial charge is 0.308 e. The number of hydrogen-bond donors (Lipinski definition) is 0. The Hall–Kier alpha value is -2.80. The molecule has 0 saturated heterocycles. The van der Waals surface area contributed by atoms with Gasteiger partial charge >= 0.3 is 5.97 Å². The molecule has 6 nitrogen and oxygen atoms in total. The minimum atomic E-state index is -1.01. The molecule has 0 radical (unpaired) electrons. The van der Waals surface area contributed by atoms with Crippen LogP contribution in [-0.2, 0) is 16.0 Å². The Balaban J connectivity index is 2.27. The maximum absolute atomic E-state index is 13.4. The number of rotatable bonds is 6. The van der Waals surface area contributed by atoms with Gasteiger partial charge in [0.1, 0.15) is 16.7 Å². The first kappa shape index (κ1) is 19.9. The van der Waals surface area contributed by atoms with Crippen LogP contribution in [0.1, 0.15) is 46.0 Å². The van der Waals surface area contributed by atoms with E-state index in [9.17, 15) is 14.4 Å². The molecule has 0 saturated carbocycles. The summed E-state index contributed by atoms with van der Waals surface area (Å²) in [5.74, 6) is -0.382. The third-order valence-electron chi connectivity index (χ3n) is 4.88. The quantitative estimate of drug-likeness (QED) is 0.468. The topological polar surface area (TPSA) is 78.3 Å². The first-order chi connectivity index (χ1) is 13.4. The van der Waals surface area contributed by atoms with Gasteiger partial charge in [-0.15, -0.1) is 11.3 Å². The molecule has 0 aliphatic carbocycles. The molecule has 0 aliphatic heterocycles. The number of esters is 1. The lowest BCUT2D eigenvalue weighted by molar-refractivity contribution is -0.141. The molecule has 0 amide bonds. The van der Waals surface area contributed by atoms with Crippen molar-refractivity contribution in [2.24, 2.45) is 0 Å². The van der Waals surface area contributed by atoms with Gasteiger partial charge < -0.3 is 4.74 Å². The minimum absolute atomic E-state index is 0.230. The molecule has 2 heterocycles. The Bertz CT molecular complexity index is 1100. The lowest BCUT2D eigenvalue weighted by atomic mass is 10.0. The lowest BCUT2D eigenvalue weighted by Crippen LogP contribution is -2.35. The maximum atomic E-state index is 13.4. The predicted octanol–water partition coefficient (Wildman–Crippen LogP) is 3.62. The Morgan fingerprint density at radius 1 is 1.21 bits per heavy atom. The number of thiophene rings is 1. The third kappa shape index (κ3) is 3.49. The largest absolute Gasteiger partial charge is 0.469 e. The minimum Gasteiger partial charge on any atom is -0.469 e. The SMILES string of the molecule is CCc1nc2sc(C)c(C)c2c(=O)n1C(CC(=O)OC)C(=O)c1ccccc1. The van der Waals surface area contributed by atoms with Crippen LogP contribution in [0.5, 0.6) is 0 Å². The molecule has 2 aromatic heterocycles. The van der Waals surface area contributed by atoms with Crippen molar-refractivity contribution in [3.63, 3.8) is 0 Å². The molecule has 0 fully saturated rings. The zero-order valence-corrected chi connectivity index (χ0v) is 17.1. The number of hydrogen-bond acceptors (Lipinski definition) is 6. The first-order valence-electron chi connectivity index (χ1n) is 9.06. The fourth-order valence-corrected chi connectivity index (χ4v) is 4.30. The predicted molar refractivity (Wildman–Crippen MR) is 109 cm³/mol. The van der Waals surface area contributed by atoms with E-state index in [-0.39, 0.29) is 17.8 Å². The number of methoxy groups -OCH3 is 1. The summed E-state index contributed by atoms with van der Waals surface area (Å²) in [7, 11) is 1.27. The molecule has 3 rings (SSSR count). The summed E-state index contributed by atoms with van der Waals surface area (Å²) < 4.78 is 6.17. The molecule has 0 bridgehead atoms. The molecular weight excluding hydrogens is 376 g/mol. The van der Waals surface area contributed by atoms with Gasteiger partial charge in [-0.3, -0.25) is 19.0 Å². The fourth-order valence-electron chi connectivity index (χ4n) is 3.26. The van der Waals surface area contributed by atoms with Crippen LogP contribution in [0.3, 0.4) is 0 Å². The second-order valence-corrected chi connectivity index (χ2v) is 7.75. The highest BCUT2D eigenvalue weighted by atomic mass is 32.1. The summed E-state index contributed by atoms with van der Waals surface area (Å²) in [4.78, 5) is 45.1. The van der Waals surface area contributed by atoms with Gasteiger partial charge in [-0.2, -0.15) is 0 Å². The third-order valence-corrected chi connectivity index (χ3v) is 5.99. The molecule has 1 unspecified atom stereocenters. The van der Waals surface area contributed by atoms with Crippen LogP contribution in [-0.4, -0.2) is 28.4 Å². The first-order valence-corrected chi connectivity index (χ1v) is 9.87. The van der Waals surface area contributed by atoms with Gasteiger partial charge in [0.15, 0.2) is 5.78 Å². The highest BCUT2D eigenvalue weighted by molar-refractivity contribution is 7.18. The van der Waals surface area contributed by atoms with E-state index in [1.807, 2.05) is 20.8 Å². The second-order valence-electron chi connectivity index (χ2n) is 6.55. The van der Waals surface area contributed by atoms with E-state index >= 15 is 0 Å². The summed E-state index contributed by atoms with van der Waals surface area (Å²) in [6, 6.07) is 7.65. The van der Waals surface area contributed by atoms with E-state index in [4.69, 9.17) is 4.74 Å². The number of ketones is 1. The van der Waals surface area contributed by atoms with E-state index in [0.29, 0.717) is 28.0 Å². The van der Waals surface area contributed by atoms with E-state index in [2.05, 4.69) is 4.98 Å². The highest BCUT2D eigenvalue weighted by Crippen LogP contribution is 2.28. The number of carbonyl (C=O) groups is 2. The van der Waals surface area contributed by atoms with Crippen molar-refractivity contribution in [1.82, 2.24) is 9.55 Å². The average Bonchev–Trinajstić information content (AvgIpc) is 3.00. The van der Waals surface area contributed by atoms with Crippen LogP contribution in [0.2, 0.25) is 0 Å². The van der Waals surface area contributed by atoms with E-state index in [1.165, 1.54) is 23.0 Å². The van der Waals surface area contributed by atoms with Crippen molar-refractivity contribution in [3.8, 4) is 0 Å². The van der Waals surface area contributed by atoms with Gasteiger partial charge in [-0.1, -0.05) is 37.3 Å². The molecule has 1 aromatic carbocycles. The van der Waals surface area contributed by atoms with Crippen LogP contribution in [0, 0.1) is 13.8 Å². The summed E-state index contributed by atoms with van der Waals surface area (Å²) in [5.41, 5.74) is 1.00. The summed E-state index contributed by atoms with van der Waals surface area (Å²) in [6.45, 7) is 5.69. The molecule has 0 N–H and O–H groups in total. The molecule has 3 aromatic rings. The van der Waals surface area contributed by atoms with Crippen molar-refractivity contribution < 1.29 is 14.3 Å². The summed E-state index contributed by atoms with van der Waals surface area (Å²) in [6.07, 6.45) is 0.230. The van der Waals surface area contributed by atoms with Crippen LogP contribution in [0.4, 0.5) is 0 Å². The Labute approximate surface area is 166 Å². The summed E-state index contributed by atoms with van der Waals surface area (Å²) in [5, 5.41) is 0.510.